The molecule has 0 unspecified atom stereocenters. The lowest BCUT2D eigenvalue weighted by Crippen LogP contribution is -2.28. The molecule has 2 N–H and O–H groups in total. The van der Waals surface area contributed by atoms with Gasteiger partial charge in [-0.15, -0.1) is 0 Å². The lowest BCUT2D eigenvalue weighted by atomic mass is 10.1. The van der Waals surface area contributed by atoms with Gasteiger partial charge in [0.05, 0.1) is 17.9 Å². The Morgan fingerprint density at radius 3 is 2.71 bits per heavy atom. The number of rotatable bonds is 7. The van der Waals surface area contributed by atoms with E-state index in [9.17, 15) is 9.18 Å². The minimum absolute atomic E-state index is 0.123. The van der Waals surface area contributed by atoms with E-state index in [1.54, 1.807) is 6.92 Å². The normalized spacial score (nSPS) is 14.0. The van der Waals surface area contributed by atoms with E-state index in [4.69, 9.17) is 10.5 Å². The van der Waals surface area contributed by atoms with Crippen molar-refractivity contribution in [1.29, 1.82) is 0 Å². The first-order valence-electron chi connectivity index (χ1n) is 7.57. The van der Waals surface area contributed by atoms with Gasteiger partial charge in [0, 0.05) is 18.8 Å². The molecule has 1 aromatic rings. The molecule has 1 aliphatic rings. The van der Waals surface area contributed by atoms with Gasteiger partial charge in [-0.1, -0.05) is 6.92 Å². The Labute approximate surface area is 125 Å². The highest BCUT2D eigenvalue weighted by Crippen LogP contribution is 2.33. The lowest BCUT2D eigenvalue weighted by Gasteiger charge is -2.25. The van der Waals surface area contributed by atoms with Crippen LogP contribution in [0.2, 0.25) is 0 Å². The number of nitrogens with two attached hydrogens (primary N) is 1. The first kappa shape index (κ1) is 15.6. The van der Waals surface area contributed by atoms with E-state index in [2.05, 4.69) is 6.92 Å². The largest absolute Gasteiger partial charge is 0.462 e. The predicted octanol–water partition coefficient (Wildman–Crippen LogP) is 3.21. The van der Waals surface area contributed by atoms with Crippen molar-refractivity contribution in [2.24, 2.45) is 5.92 Å². The first-order valence-corrected chi connectivity index (χ1v) is 7.57. The van der Waals surface area contributed by atoms with Gasteiger partial charge in [0.15, 0.2) is 0 Å². The van der Waals surface area contributed by atoms with Crippen LogP contribution < -0.4 is 10.6 Å². The molecule has 5 heteroatoms. The Balaban J connectivity index is 2.31. The highest BCUT2D eigenvalue weighted by molar-refractivity contribution is 5.96. The molecule has 4 nitrogen and oxygen atoms in total. The van der Waals surface area contributed by atoms with Crippen LogP contribution in [0.1, 0.15) is 43.5 Å². The summed E-state index contributed by atoms with van der Waals surface area (Å²) in [4.78, 5) is 13.9. The zero-order valence-electron chi connectivity index (χ0n) is 12.7. The maximum absolute atomic E-state index is 14.3. The summed E-state index contributed by atoms with van der Waals surface area (Å²) in [5, 5.41) is 0. The van der Waals surface area contributed by atoms with Crippen LogP contribution in [0.5, 0.6) is 0 Å². The summed E-state index contributed by atoms with van der Waals surface area (Å²) < 4.78 is 19.2. The summed E-state index contributed by atoms with van der Waals surface area (Å²) >= 11 is 0. The van der Waals surface area contributed by atoms with Gasteiger partial charge in [-0.3, -0.25) is 0 Å². The standard InChI is InChI=1S/C16H23FN2O2/c1-3-7-19(10-11-5-6-11)15-8-12(16(20)21-4-2)14(18)9-13(15)17/h8-9,11H,3-7,10,18H2,1-2H3. The monoisotopic (exact) mass is 294 g/mol. The fourth-order valence-electron chi connectivity index (χ4n) is 2.40. The van der Waals surface area contributed by atoms with Crippen LogP contribution in [-0.2, 0) is 4.74 Å². The van der Waals surface area contributed by atoms with Crippen LogP contribution >= 0.6 is 0 Å². The Kier molecular flexibility index (Phi) is 5.04. The molecule has 1 aromatic carbocycles. The number of hydrogen-bond acceptors (Lipinski definition) is 4. The Hall–Kier alpha value is -1.78. The molecule has 0 aromatic heterocycles. The van der Waals surface area contributed by atoms with Crippen molar-refractivity contribution >= 4 is 17.3 Å². The van der Waals surface area contributed by atoms with E-state index in [0.717, 1.165) is 19.5 Å². The molecule has 0 heterocycles. The third-order valence-corrected chi connectivity index (χ3v) is 3.62. The number of halogens is 1. The van der Waals surface area contributed by atoms with Crippen molar-refractivity contribution in [2.45, 2.75) is 33.1 Å². The average Bonchev–Trinajstić information content (AvgIpc) is 3.22. The van der Waals surface area contributed by atoms with Crippen LogP contribution in [-0.4, -0.2) is 25.7 Å². The molecule has 0 aliphatic heterocycles. The summed E-state index contributed by atoms with van der Waals surface area (Å²) in [5.41, 5.74) is 6.56. The number of ether oxygens (including phenoxy) is 1. The molecule has 1 saturated carbocycles. The first-order chi connectivity index (χ1) is 10.1. The molecular weight excluding hydrogens is 271 g/mol. The summed E-state index contributed by atoms with van der Waals surface area (Å²) in [5.74, 6) is -0.242. The number of nitrogens with zero attached hydrogens (tertiary/aromatic N) is 1. The molecule has 0 amide bonds. The smallest absolute Gasteiger partial charge is 0.340 e. The van der Waals surface area contributed by atoms with Gasteiger partial charge in [0.25, 0.3) is 0 Å². The van der Waals surface area contributed by atoms with Crippen LogP contribution in [0.4, 0.5) is 15.8 Å². The zero-order valence-corrected chi connectivity index (χ0v) is 12.7. The Morgan fingerprint density at radius 1 is 1.43 bits per heavy atom. The molecule has 2 rings (SSSR count). The predicted molar refractivity (Wildman–Crippen MR) is 82.0 cm³/mol. The number of anilines is 2. The molecule has 1 aliphatic carbocycles. The summed E-state index contributed by atoms with van der Waals surface area (Å²) in [6.45, 7) is 5.65. The fourth-order valence-corrected chi connectivity index (χ4v) is 2.40. The number of esters is 1. The van der Waals surface area contributed by atoms with Gasteiger partial charge >= 0.3 is 5.97 Å². The van der Waals surface area contributed by atoms with E-state index in [0.29, 0.717) is 11.6 Å². The van der Waals surface area contributed by atoms with Gasteiger partial charge < -0.3 is 15.4 Å². The summed E-state index contributed by atoms with van der Waals surface area (Å²) in [6, 6.07) is 2.75. The van der Waals surface area contributed by atoms with Crippen LogP contribution in [0.3, 0.4) is 0 Å². The number of carbonyl (C=O) groups excluding carboxylic acids is 1. The second-order valence-corrected chi connectivity index (χ2v) is 5.50. The topological polar surface area (TPSA) is 55.6 Å². The average molecular weight is 294 g/mol. The van der Waals surface area contributed by atoms with Crippen molar-refractivity contribution in [3.05, 3.63) is 23.5 Å². The summed E-state index contributed by atoms with van der Waals surface area (Å²) in [7, 11) is 0. The molecule has 116 valence electrons. The second kappa shape index (κ2) is 6.78. The minimum atomic E-state index is -0.501. The number of carbonyl (C=O) groups is 1. The third kappa shape index (κ3) is 3.86. The molecule has 0 bridgehead atoms. The molecule has 1 fully saturated rings. The fraction of sp³-hybridized carbons (Fsp3) is 0.562. The maximum Gasteiger partial charge on any atom is 0.340 e. The van der Waals surface area contributed by atoms with Gasteiger partial charge in [-0.25, -0.2) is 9.18 Å². The molecule has 0 saturated heterocycles. The molecule has 0 spiro atoms. The maximum atomic E-state index is 14.3. The quantitative estimate of drug-likeness (QED) is 0.620. The Morgan fingerprint density at radius 2 is 2.14 bits per heavy atom. The second-order valence-electron chi connectivity index (χ2n) is 5.50. The van der Waals surface area contributed by atoms with Gasteiger partial charge in [0.2, 0.25) is 0 Å². The van der Waals surface area contributed by atoms with E-state index in [1.165, 1.54) is 25.0 Å². The summed E-state index contributed by atoms with van der Waals surface area (Å²) in [6.07, 6.45) is 3.31. The van der Waals surface area contributed by atoms with Crippen molar-refractivity contribution in [1.82, 2.24) is 0 Å². The SMILES string of the molecule is CCCN(CC1CC1)c1cc(C(=O)OCC)c(N)cc1F. The Bertz CT molecular complexity index is 515. The zero-order chi connectivity index (χ0) is 15.4. The number of benzene rings is 1. The van der Waals surface area contributed by atoms with Crippen molar-refractivity contribution in [2.75, 3.05) is 30.3 Å². The number of nitrogen functional groups attached to an aromatic ring is 1. The minimum Gasteiger partial charge on any atom is -0.462 e. The van der Waals surface area contributed by atoms with Crippen LogP contribution in [0.25, 0.3) is 0 Å². The third-order valence-electron chi connectivity index (χ3n) is 3.62. The van der Waals surface area contributed by atoms with Gasteiger partial charge in [0.1, 0.15) is 5.82 Å². The van der Waals surface area contributed by atoms with Crippen LogP contribution in [0, 0.1) is 11.7 Å². The molecule has 21 heavy (non-hydrogen) atoms. The number of hydrogen-bond donors (Lipinski definition) is 1. The molecule has 0 radical (unpaired) electrons. The molecular formula is C16H23FN2O2. The van der Waals surface area contributed by atoms with E-state index >= 15 is 0 Å². The van der Waals surface area contributed by atoms with E-state index in [1.807, 2.05) is 4.90 Å². The molecule has 0 atom stereocenters. The van der Waals surface area contributed by atoms with Crippen molar-refractivity contribution in [3.63, 3.8) is 0 Å². The highest BCUT2D eigenvalue weighted by atomic mass is 19.1. The van der Waals surface area contributed by atoms with Gasteiger partial charge in [-0.05, 0) is 44.2 Å². The van der Waals surface area contributed by atoms with Crippen molar-refractivity contribution < 1.29 is 13.9 Å². The highest BCUT2D eigenvalue weighted by Gasteiger charge is 2.26. The van der Waals surface area contributed by atoms with Crippen LogP contribution in [0.15, 0.2) is 12.1 Å². The van der Waals surface area contributed by atoms with E-state index < -0.39 is 5.97 Å². The van der Waals surface area contributed by atoms with E-state index in [-0.39, 0.29) is 23.7 Å². The lowest BCUT2D eigenvalue weighted by molar-refractivity contribution is 0.0527. The van der Waals surface area contributed by atoms with Gasteiger partial charge in [-0.2, -0.15) is 0 Å². The van der Waals surface area contributed by atoms with Crippen molar-refractivity contribution in [3.8, 4) is 0 Å².